The molecule has 0 aromatic heterocycles. The normalized spacial score (nSPS) is 20.2. The quantitative estimate of drug-likeness (QED) is 0.435. The van der Waals surface area contributed by atoms with Gasteiger partial charge in [-0.1, -0.05) is 11.2 Å². The fourth-order valence-electron chi connectivity index (χ4n) is 4.98. The van der Waals surface area contributed by atoms with Crippen molar-refractivity contribution in [2.75, 3.05) is 26.4 Å². The van der Waals surface area contributed by atoms with Crippen molar-refractivity contribution in [3.05, 3.63) is 53.1 Å². The Morgan fingerprint density at radius 1 is 1.10 bits per heavy atom. The molecule has 5 rings (SSSR count). The van der Waals surface area contributed by atoms with Gasteiger partial charge in [0.05, 0.1) is 18.2 Å². The summed E-state index contributed by atoms with van der Waals surface area (Å²) in [6, 6.07) is 9.05. The van der Waals surface area contributed by atoms with Crippen LogP contribution >= 0.6 is 0 Å². The van der Waals surface area contributed by atoms with Crippen LogP contribution in [0, 0.1) is 0 Å². The molecule has 3 heterocycles. The van der Waals surface area contributed by atoms with E-state index in [1.54, 1.807) is 25.7 Å². The average molecular weight is 578 g/mol. The summed E-state index contributed by atoms with van der Waals surface area (Å²) in [4.78, 5) is 19.7. The van der Waals surface area contributed by atoms with Gasteiger partial charge in [0.2, 0.25) is 6.23 Å². The molecule has 2 atom stereocenters. The van der Waals surface area contributed by atoms with E-state index in [0.29, 0.717) is 50.5 Å². The zero-order valence-electron chi connectivity index (χ0n) is 23.3. The minimum Gasteiger partial charge on any atom is -0.493 e. The summed E-state index contributed by atoms with van der Waals surface area (Å²) >= 11 is 0. The van der Waals surface area contributed by atoms with Crippen molar-refractivity contribution >= 4 is 11.9 Å². The maximum Gasteiger partial charge on any atom is 0.419 e. The molecule has 0 spiro atoms. The maximum atomic E-state index is 14.0. The van der Waals surface area contributed by atoms with Crippen LogP contribution < -0.4 is 19.5 Å². The molecule has 1 fully saturated rings. The number of halogens is 3. The molecule has 3 aliphatic rings. The van der Waals surface area contributed by atoms with Crippen molar-refractivity contribution in [1.29, 1.82) is 0 Å². The number of amides is 1. The van der Waals surface area contributed by atoms with Crippen LogP contribution in [0.25, 0.3) is 0 Å². The van der Waals surface area contributed by atoms with Crippen LogP contribution in [0.1, 0.15) is 56.7 Å². The number of benzene rings is 2. The first-order valence-electron chi connectivity index (χ1n) is 13.7. The monoisotopic (exact) mass is 577 g/mol. The topological polar surface area (TPSA) is 90.9 Å². The summed E-state index contributed by atoms with van der Waals surface area (Å²) in [5, 5.41) is 7.03. The molecule has 1 saturated heterocycles. The Morgan fingerprint density at radius 3 is 2.63 bits per heavy atom. The largest absolute Gasteiger partial charge is 0.493 e. The van der Waals surface area contributed by atoms with E-state index in [9.17, 15) is 18.0 Å². The average Bonchev–Trinajstić information content (AvgIpc) is 3.60. The zero-order valence-corrected chi connectivity index (χ0v) is 23.3. The van der Waals surface area contributed by atoms with Crippen LogP contribution in [0.5, 0.6) is 17.2 Å². The molecule has 41 heavy (non-hydrogen) atoms. The molecule has 0 radical (unpaired) electrons. The Bertz CT molecular complexity index is 1290. The minimum absolute atomic E-state index is 0.101. The Morgan fingerprint density at radius 2 is 1.88 bits per heavy atom. The number of nitrogens with one attached hydrogen (secondary N) is 1. The van der Waals surface area contributed by atoms with Gasteiger partial charge < -0.3 is 29.1 Å². The Balaban J connectivity index is 1.20. The lowest BCUT2D eigenvalue weighted by Gasteiger charge is -2.30. The van der Waals surface area contributed by atoms with Gasteiger partial charge in [0.15, 0.2) is 17.3 Å². The van der Waals surface area contributed by atoms with E-state index >= 15 is 0 Å². The zero-order chi connectivity index (χ0) is 29.2. The van der Waals surface area contributed by atoms with E-state index in [0.717, 1.165) is 18.1 Å². The summed E-state index contributed by atoms with van der Waals surface area (Å²) in [6.45, 7) is 6.94. The van der Waals surface area contributed by atoms with E-state index in [1.165, 1.54) is 12.1 Å². The van der Waals surface area contributed by atoms with Gasteiger partial charge in [-0.15, -0.1) is 0 Å². The Labute approximate surface area is 236 Å². The maximum absolute atomic E-state index is 14.0. The predicted molar refractivity (Wildman–Crippen MR) is 143 cm³/mol. The van der Waals surface area contributed by atoms with Crippen molar-refractivity contribution in [1.82, 2.24) is 10.2 Å². The van der Waals surface area contributed by atoms with Gasteiger partial charge in [-0.25, -0.2) is 4.79 Å². The third-order valence-electron chi connectivity index (χ3n) is 6.85. The van der Waals surface area contributed by atoms with E-state index in [-0.39, 0.29) is 29.8 Å². The SMILES string of the molecule is CC(C)(C)OC(=O)N1CCCC1C1NC(c2ccc(OCCCc3ccc4c(c3)OCCO4)c(C(F)(F)F)c2)=NO1. The molecule has 0 saturated carbocycles. The number of nitrogens with zero attached hydrogens (tertiary/aromatic N) is 2. The number of oxime groups is 1. The number of alkyl halides is 3. The molecule has 1 amide bonds. The van der Waals surface area contributed by atoms with Gasteiger partial charge in [0.1, 0.15) is 24.6 Å². The first-order valence-corrected chi connectivity index (χ1v) is 13.7. The Kier molecular flexibility index (Phi) is 8.10. The highest BCUT2D eigenvalue weighted by atomic mass is 19.4. The first kappa shape index (κ1) is 28.7. The van der Waals surface area contributed by atoms with Crippen LogP contribution in [-0.4, -0.2) is 61.1 Å². The van der Waals surface area contributed by atoms with E-state index in [4.69, 9.17) is 23.8 Å². The molecule has 2 unspecified atom stereocenters. The van der Waals surface area contributed by atoms with E-state index < -0.39 is 29.7 Å². The van der Waals surface area contributed by atoms with Crippen LogP contribution in [0.15, 0.2) is 41.6 Å². The summed E-state index contributed by atoms with van der Waals surface area (Å²) in [6.07, 6.45) is -3.29. The Hall–Kier alpha value is -3.83. The minimum atomic E-state index is -4.64. The first-order chi connectivity index (χ1) is 19.5. The third-order valence-corrected chi connectivity index (χ3v) is 6.85. The molecule has 9 nitrogen and oxygen atoms in total. The molecule has 2 aromatic carbocycles. The molecule has 0 bridgehead atoms. The number of hydrogen-bond donors (Lipinski definition) is 1. The molecule has 3 aliphatic heterocycles. The second-order valence-corrected chi connectivity index (χ2v) is 11.1. The van der Waals surface area contributed by atoms with Crippen molar-refractivity contribution in [3.63, 3.8) is 0 Å². The van der Waals surface area contributed by atoms with Gasteiger partial charge in [0.25, 0.3) is 0 Å². The predicted octanol–water partition coefficient (Wildman–Crippen LogP) is 5.50. The number of carbonyl (C=O) groups excluding carboxylic acids is 1. The van der Waals surface area contributed by atoms with Gasteiger partial charge in [-0.2, -0.15) is 13.2 Å². The lowest BCUT2D eigenvalue weighted by molar-refractivity contribution is -0.139. The second kappa shape index (κ2) is 11.6. The molecule has 2 aromatic rings. The van der Waals surface area contributed by atoms with Gasteiger partial charge >= 0.3 is 12.3 Å². The highest BCUT2D eigenvalue weighted by Gasteiger charge is 2.41. The van der Waals surface area contributed by atoms with Gasteiger partial charge in [-0.3, -0.25) is 4.90 Å². The summed E-state index contributed by atoms with van der Waals surface area (Å²) in [5.41, 5.74) is -0.376. The number of carbonyl (C=O) groups is 1. The van der Waals surface area contributed by atoms with Crippen LogP contribution in [0.2, 0.25) is 0 Å². The second-order valence-electron chi connectivity index (χ2n) is 11.1. The number of hydrogen-bond acceptors (Lipinski definition) is 8. The van der Waals surface area contributed by atoms with Crippen LogP contribution in [-0.2, 0) is 22.2 Å². The third kappa shape index (κ3) is 6.91. The fourth-order valence-corrected chi connectivity index (χ4v) is 4.98. The van der Waals surface area contributed by atoms with Crippen molar-refractivity contribution in [2.45, 2.75) is 70.5 Å². The summed E-state index contributed by atoms with van der Waals surface area (Å²) in [7, 11) is 0. The number of amidine groups is 1. The molecule has 0 aliphatic carbocycles. The molecule has 1 N–H and O–H groups in total. The molecule has 222 valence electrons. The lowest BCUT2D eigenvalue weighted by Crippen LogP contribution is -2.50. The number of ether oxygens (including phenoxy) is 4. The molecular weight excluding hydrogens is 543 g/mol. The lowest BCUT2D eigenvalue weighted by atomic mass is 10.1. The van der Waals surface area contributed by atoms with Crippen molar-refractivity contribution < 1.29 is 41.8 Å². The van der Waals surface area contributed by atoms with E-state index in [2.05, 4.69) is 10.5 Å². The molecular formula is C29H34F3N3O6. The van der Waals surface area contributed by atoms with Crippen LogP contribution in [0.4, 0.5) is 18.0 Å². The van der Waals surface area contributed by atoms with Crippen LogP contribution in [0.3, 0.4) is 0 Å². The van der Waals surface area contributed by atoms with Crippen molar-refractivity contribution in [3.8, 4) is 17.2 Å². The van der Waals surface area contributed by atoms with E-state index in [1.807, 2.05) is 18.2 Å². The summed E-state index contributed by atoms with van der Waals surface area (Å²) in [5.74, 6) is 1.26. The smallest absolute Gasteiger partial charge is 0.419 e. The highest BCUT2D eigenvalue weighted by molar-refractivity contribution is 5.99. The molecule has 12 heteroatoms. The van der Waals surface area contributed by atoms with Gasteiger partial charge in [0, 0.05) is 12.1 Å². The number of fused-ring (bicyclic) bond motifs is 1. The number of aryl methyl sites for hydroxylation is 1. The number of rotatable bonds is 7. The standard InChI is InChI=1S/C29H34F3N3O6/c1-28(2,3)40-27(36)35-12-4-7-21(35)26-33-25(34-41-26)19-9-11-22(20(17-19)29(30,31)32)37-13-5-6-18-8-10-23-24(16-18)39-15-14-38-23/h8-11,16-17,21,26H,4-7,12-15H2,1-3H3,(H,33,34). The summed E-state index contributed by atoms with van der Waals surface area (Å²) < 4.78 is 64.1. The van der Waals surface area contributed by atoms with Gasteiger partial charge in [-0.05, 0) is 82.3 Å². The van der Waals surface area contributed by atoms with Crippen molar-refractivity contribution in [2.24, 2.45) is 5.16 Å². The highest BCUT2D eigenvalue weighted by Crippen LogP contribution is 2.38. The number of likely N-dealkylation sites (tertiary alicyclic amines) is 1. The fraction of sp³-hybridized carbons (Fsp3) is 0.517.